The van der Waals surface area contributed by atoms with E-state index in [0.29, 0.717) is 16.3 Å². The number of hydrogen-bond acceptors (Lipinski definition) is 2. The predicted molar refractivity (Wildman–Crippen MR) is 59.8 cm³/mol. The normalized spacial score (nSPS) is 8.62. The van der Waals surface area contributed by atoms with E-state index in [9.17, 15) is 0 Å². The topological polar surface area (TPSA) is 49.9 Å². The summed E-state index contributed by atoms with van der Waals surface area (Å²) in [5.41, 5.74) is 7.76. The summed E-state index contributed by atoms with van der Waals surface area (Å²) in [7, 11) is 0. The van der Waals surface area contributed by atoms with Crippen molar-refractivity contribution in [2.45, 2.75) is 20.8 Å². The van der Waals surface area contributed by atoms with E-state index in [1.165, 1.54) is 6.21 Å². The third-order valence-electron chi connectivity index (χ3n) is 1.63. The molecule has 2 nitrogen and oxygen atoms in total. The van der Waals surface area contributed by atoms with Crippen LogP contribution in [0.15, 0.2) is 12.1 Å². The zero-order valence-electron chi connectivity index (χ0n) is 8.19. The van der Waals surface area contributed by atoms with Crippen molar-refractivity contribution >= 4 is 23.5 Å². The highest BCUT2D eigenvalue weighted by molar-refractivity contribution is 6.31. The highest BCUT2D eigenvalue weighted by atomic mass is 35.5. The molecule has 72 valence electrons. The van der Waals surface area contributed by atoms with Gasteiger partial charge < -0.3 is 11.1 Å². The molecule has 0 amide bonds. The molecule has 0 aromatic heterocycles. The van der Waals surface area contributed by atoms with E-state index in [2.05, 4.69) is 0 Å². The van der Waals surface area contributed by atoms with E-state index < -0.39 is 0 Å². The average Bonchev–Trinajstić information content (AvgIpc) is 2.16. The lowest BCUT2D eigenvalue weighted by Gasteiger charge is -2.04. The number of nitrogens with two attached hydrogens (primary N) is 1. The first-order chi connectivity index (χ1) is 6.16. The van der Waals surface area contributed by atoms with Crippen molar-refractivity contribution < 1.29 is 0 Å². The molecule has 0 aliphatic carbocycles. The van der Waals surface area contributed by atoms with Gasteiger partial charge in [0.15, 0.2) is 0 Å². The Morgan fingerprint density at radius 2 is 1.92 bits per heavy atom. The lowest BCUT2D eigenvalue weighted by molar-refractivity contribution is 1.43. The third-order valence-corrected chi connectivity index (χ3v) is 2.04. The number of anilines is 1. The molecule has 0 saturated heterocycles. The van der Waals surface area contributed by atoms with Crippen molar-refractivity contribution in [1.82, 2.24) is 0 Å². The summed E-state index contributed by atoms with van der Waals surface area (Å²) >= 11 is 5.81. The van der Waals surface area contributed by atoms with Crippen LogP contribution in [-0.4, -0.2) is 6.21 Å². The first-order valence-corrected chi connectivity index (χ1v) is 4.59. The van der Waals surface area contributed by atoms with Crippen LogP contribution in [0.25, 0.3) is 0 Å². The van der Waals surface area contributed by atoms with Crippen LogP contribution in [0.2, 0.25) is 5.02 Å². The average molecular weight is 199 g/mol. The van der Waals surface area contributed by atoms with E-state index in [1.807, 2.05) is 20.8 Å². The molecule has 0 unspecified atom stereocenters. The summed E-state index contributed by atoms with van der Waals surface area (Å²) in [5.74, 6) is 0. The maximum absolute atomic E-state index is 7.06. The zero-order valence-corrected chi connectivity index (χ0v) is 8.94. The largest absolute Gasteiger partial charge is 0.398 e. The summed E-state index contributed by atoms with van der Waals surface area (Å²) in [4.78, 5) is 0. The molecule has 0 aliphatic rings. The minimum atomic E-state index is 0.599. The van der Waals surface area contributed by atoms with Crippen LogP contribution in [0.4, 0.5) is 5.69 Å². The van der Waals surface area contributed by atoms with Crippen molar-refractivity contribution in [3.05, 3.63) is 28.3 Å². The number of benzene rings is 1. The number of halogens is 1. The Morgan fingerprint density at radius 1 is 1.38 bits per heavy atom. The molecule has 13 heavy (non-hydrogen) atoms. The Balaban J connectivity index is 0.000000671. The fourth-order valence-electron chi connectivity index (χ4n) is 0.914. The Hall–Kier alpha value is -1.02. The van der Waals surface area contributed by atoms with Gasteiger partial charge >= 0.3 is 0 Å². The lowest BCUT2D eigenvalue weighted by atomic mass is 10.1. The molecule has 0 bridgehead atoms. The van der Waals surface area contributed by atoms with E-state index in [4.69, 9.17) is 22.7 Å². The fourth-order valence-corrected chi connectivity index (χ4v) is 1.08. The Labute approximate surface area is 84.2 Å². The van der Waals surface area contributed by atoms with Crippen molar-refractivity contribution in [3.63, 3.8) is 0 Å². The van der Waals surface area contributed by atoms with Gasteiger partial charge in [-0.05, 0) is 24.6 Å². The van der Waals surface area contributed by atoms with E-state index in [1.54, 1.807) is 12.1 Å². The van der Waals surface area contributed by atoms with Crippen molar-refractivity contribution in [2.24, 2.45) is 0 Å². The summed E-state index contributed by atoms with van der Waals surface area (Å²) in [5, 5.41) is 7.71. The minimum absolute atomic E-state index is 0.599. The van der Waals surface area contributed by atoms with Gasteiger partial charge in [-0.25, -0.2) is 0 Å². The first kappa shape index (κ1) is 12.0. The molecule has 3 heteroatoms. The lowest BCUT2D eigenvalue weighted by Crippen LogP contribution is -1.95. The third kappa shape index (κ3) is 2.74. The van der Waals surface area contributed by atoms with Gasteiger partial charge in [0.25, 0.3) is 0 Å². The van der Waals surface area contributed by atoms with Crippen LogP contribution in [0.3, 0.4) is 0 Å². The minimum Gasteiger partial charge on any atom is -0.398 e. The summed E-state index contributed by atoms with van der Waals surface area (Å²) in [6, 6.07) is 3.44. The number of nitrogen functional groups attached to an aromatic ring is 1. The van der Waals surface area contributed by atoms with Crippen molar-refractivity contribution in [3.8, 4) is 0 Å². The molecular formula is C10H15ClN2. The predicted octanol–water partition coefficient (Wildman–Crippen LogP) is 3.25. The van der Waals surface area contributed by atoms with Crippen LogP contribution in [0, 0.1) is 12.3 Å². The zero-order chi connectivity index (χ0) is 10.4. The molecule has 1 aromatic rings. The number of nitrogens with one attached hydrogen (secondary N) is 1. The van der Waals surface area contributed by atoms with Crippen molar-refractivity contribution in [1.29, 1.82) is 5.41 Å². The van der Waals surface area contributed by atoms with Gasteiger partial charge in [0.2, 0.25) is 0 Å². The van der Waals surface area contributed by atoms with E-state index in [-0.39, 0.29) is 0 Å². The van der Waals surface area contributed by atoms with Gasteiger partial charge in [-0.1, -0.05) is 25.4 Å². The molecule has 0 fully saturated rings. The molecular weight excluding hydrogens is 184 g/mol. The Bertz CT molecular complexity index is 295. The van der Waals surface area contributed by atoms with Crippen LogP contribution in [-0.2, 0) is 0 Å². The molecule has 0 radical (unpaired) electrons. The molecule has 0 aliphatic heterocycles. The highest BCUT2D eigenvalue weighted by Gasteiger charge is 2.02. The number of hydrogen-bond donors (Lipinski definition) is 2. The summed E-state index contributed by atoms with van der Waals surface area (Å²) in [6.07, 6.45) is 1.22. The van der Waals surface area contributed by atoms with Gasteiger partial charge in [0, 0.05) is 22.5 Å². The molecule has 0 heterocycles. The van der Waals surface area contributed by atoms with Gasteiger partial charge in [-0.15, -0.1) is 0 Å². The smallest absolute Gasteiger partial charge is 0.0443 e. The SMILES string of the molecule is CC.Cc1c(Cl)ccc(N)c1C=N. The molecule has 0 atom stereocenters. The summed E-state index contributed by atoms with van der Waals surface area (Å²) < 4.78 is 0. The van der Waals surface area contributed by atoms with Crippen molar-refractivity contribution in [2.75, 3.05) is 5.73 Å². The van der Waals surface area contributed by atoms with Crippen LogP contribution in [0.5, 0.6) is 0 Å². The Morgan fingerprint density at radius 3 is 2.31 bits per heavy atom. The monoisotopic (exact) mass is 198 g/mol. The van der Waals surface area contributed by atoms with Crippen LogP contribution < -0.4 is 5.73 Å². The number of rotatable bonds is 1. The summed E-state index contributed by atoms with van der Waals surface area (Å²) in [6.45, 7) is 5.85. The van der Waals surface area contributed by atoms with Gasteiger partial charge in [-0.2, -0.15) is 0 Å². The quantitative estimate of drug-likeness (QED) is 0.528. The van der Waals surface area contributed by atoms with Crippen LogP contribution in [0.1, 0.15) is 25.0 Å². The van der Waals surface area contributed by atoms with E-state index in [0.717, 1.165) is 5.56 Å². The van der Waals surface area contributed by atoms with Gasteiger partial charge in [0.1, 0.15) is 0 Å². The molecule has 1 rings (SSSR count). The standard InChI is InChI=1S/C8H9ClN2.C2H6/c1-5-6(4-10)8(11)3-2-7(5)9;1-2/h2-4,10H,11H2,1H3;1-2H3. The molecule has 0 saturated carbocycles. The molecule has 0 spiro atoms. The maximum atomic E-state index is 7.06. The van der Waals surface area contributed by atoms with E-state index >= 15 is 0 Å². The second-order valence-electron chi connectivity index (χ2n) is 2.32. The first-order valence-electron chi connectivity index (χ1n) is 4.22. The molecule has 1 aromatic carbocycles. The Kier molecular flexibility index (Phi) is 5.16. The van der Waals surface area contributed by atoms with Gasteiger partial charge in [0.05, 0.1) is 0 Å². The second kappa shape index (κ2) is 5.60. The van der Waals surface area contributed by atoms with Crippen LogP contribution >= 0.6 is 11.6 Å². The fraction of sp³-hybridized carbons (Fsp3) is 0.300. The maximum Gasteiger partial charge on any atom is 0.0443 e. The van der Waals surface area contributed by atoms with Gasteiger partial charge in [-0.3, -0.25) is 0 Å². The molecule has 3 N–H and O–H groups in total. The second-order valence-corrected chi connectivity index (χ2v) is 2.73. The highest BCUT2D eigenvalue weighted by Crippen LogP contribution is 2.22.